The van der Waals surface area contributed by atoms with Crippen LogP contribution in [0.1, 0.15) is 6.42 Å². The van der Waals surface area contributed by atoms with Crippen LogP contribution >= 0.6 is 11.6 Å². The number of hydrogen-bond donors (Lipinski definition) is 3. The van der Waals surface area contributed by atoms with Crippen LogP contribution in [0.4, 0.5) is 11.5 Å². The van der Waals surface area contributed by atoms with Crippen molar-refractivity contribution in [1.82, 2.24) is 4.98 Å². The van der Waals surface area contributed by atoms with E-state index in [1.54, 1.807) is 13.2 Å². The van der Waals surface area contributed by atoms with Crippen LogP contribution in [-0.4, -0.2) is 36.5 Å². The van der Waals surface area contributed by atoms with Gasteiger partial charge in [-0.1, -0.05) is 11.6 Å². The second-order valence-electron chi connectivity index (χ2n) is 3.40. The second kappa shape index (κ2) is 6.52. The van der Waals surface area contributed by atoms with Gasteiger partial charge in [0.2, 0.25) is 0 Å². The number of anilines is 2. The molecule has 1 heterocycles. The van der Waals surface area contributed by atoms with E-state index in [9.17, 15) is 0 Å². The first kappa shape index (κ1) is 13.0. The highest BCUT2D eigenvalue weighted by Crippen LogP contribution is 2.20. The van der Waals surface area contributed by atoms with Crippen LogP contribution in [-0.2, 0) is 4.74 Å². The van der Waals surface area contributed by atoms with Gasteiger partial charge in [-0.25, -0.2) is 4.98 Å². The molecule has 16 heavy (non-hydrogen) atoms. The Bertz CT molecular complexity index is 330. The summed E-state index contributed by atoms with van der Waals surface area (Å²) in [4.78, 5) is 4.08. The third-order valence-electron chi connectivity index (χ3n) is 2.07. The van der Waals surface area contributed by atoms with Crippen molar-refractivity contribution in [3.8, 4) is 0 Å². The van der Waals surface area contributed by atoms with Gasteiger partial charge in [0, 0.05) is 19.9 Å². The standard InChI is InChI=1S/C10H16ClN3O2/c1-16-6-8(2-3-15)14-10-9(12)4-7(11)5-13-10/h4-5,8,15H,2-3,6,12H2,1H3,(H,13,14). The fourth-order valence-electron chi connectivity index (χ4n) is 1.32. The topological polar surface area (TPSA) is 80.4 Å². The fraction of sp³-hybridized carbons (Fsp3) is 0.500. The van der Waals surface area contributed by atoms with Gasteiger partial charge in [-0.3, -0.25) is 0 Å². The number of nitrogens with two attached hydrogens (primary N) is 1. The molecule has 0 spiro atoms. The summed E-state index contributed by atoms with van der Waals surface area (Å²) < 4.78 is 5.02. The van der Waals surface area contributed by atoms with Crippen LogP contribution in [0.15, 0.2) is 12.3 Å². The maximum absolute atomic E-state index is 8.89. The van der Waals surface area contributed by atoms with Gasteiger partial charge in [0.25, 0.3) is 0 Å². The summed E-state index contributed by atoms with van der Waals surface area (Å²) in [5, 5.41) is 12.5. The van der Waals surface area contributed by atoms with Gasteiger partial charge in [-0.15, -0.1) is 0 Å². The lowest BCUT2D eigenvalue weighted by Gasteiger charge is -2.18. The zero-order valence-corrected chi connectivity index (χ0v) is 9.87. The lowest BCUT2D eigenvalue weighted by Crippen LogP contribution is -2.27. The summed E-state index contributed by atoms with van der Waals surface area (Å²) in [5.41, 5.74) is 6.23. The Balaban J connectivity index is 2.68. The molecule has 0 saturated carbocycles. The van der Waals surface area contributed by atoms with E-state index in [4.69, 9.17) is 27.2 Å². The van der Waals surface area contributed by atoms with E-state index in [0.29, 0.717) is 29.6 Å². The Morgan fingerprint density at radius 3 is 3.00 bits per heavy atom. The third kappa shape index (κ3) is 3.84. The van der Waals surface area contributed by atoms with Crippen LogP contribution in [0.5, 0.6) is 0 Å². The normalized spacial score (nSPS) is 12.4. The summed E-state index contributed by atoms with van der Waals surface area (Å²) >= 11 is 5.74. The number of methoxy groups -OCH3 is 1. The SMILES string of the molecule is COCC(CCO)Nc1ncc(Cl)cc1N. The Labute approximate surface area is 99.6 Å². The second-order valence-corrected chi connectivity index (χ2v) is 3.84. The maximum atomic E-state index is 8.89. The highest BCUT2D eigenvalue weighted by Gasteiger charge is 2.10. The molecule has 1 aromatic rings. The number of aliphatic hydroxyl groups is 1. The number of hydrogen-bond acceptors (Lipinski definition) is 5. The van der Waals surface area contributed by atoms with E-state index < -0.39 is 0 Å². The number of nitrogens with zero attached hydrogens (tertiary/aromatic N) is 1. The van der Waals surface area contributed by atoms with Gasteiger partial charge < -0.3 is 20.9 Å². The summed E-state index contributed by atoms with van der Waals surface area (Å²) in [6.45, 7) is 0.554. The molecule has 0 radical (unpaired) electrons. The minimum atomic E-state index is -0.0222. The number of nitrogen functional groups attached to an aromatic ring is 1. The number of ether oxygens (including phenoxy) is 1. The number of nitrogens with one attached hydrogen (secondary N) is 1. The van der Waals surface area contributed by atoms with Crippen LogP contribution in [0.2, 0.25) is 5.02 Å². The van der Waals surface area contributed by atoms with Gasteiger partial charge in [0.1, 0.15) is 5.82 Å². The van der Waals surface area contributed by atoms with Gasteiger partial charge in [0.15, 0.2) is 0 Å². The van der Waals surface area contributed by atoms with E-state index >= 15 is 0 Å². The zero-order valence-electron chi connectivity index (χ0n) is 9.11. The Kier molecular flexibility index (Phi) is 5.31. The first-order valence-corrected chi connectivity index (χ1v) is 5.32. The van der Waals surface area contributed by atoms with E-state index in [0.717, 1.165) is 0 Å². The van der Waals surface area contributed by atoms with Crippen molar-refractivity contribution < 1.29 is 9.84 Å². The van der Waals surface area contributed by atoms with Crippen molar-refractivity contribution in [2.24, 2.45) is 0 Å². The Morgan fingerprint density at radius 2 is 2.44 bits per heavy atom. The lowest BCUT2D eigenvalue weighted by molar-refractivity contribution is 0.170. The highest BCUT2D eigenvalue weighted by molar-refractivity contribution is 6.30. The van der Waals surface area contributed by atoms with Crippen molar-refractivity contribution in [2.75, 3.05) is 31.4 Å². The molecule has 0 aliphatic heterocycles. The molecule has 6 heteroatoms. The lowest BCUT2D eigenvalue weighted by atomic mass is 10.2. The minimum absolute atomic E-state index is 0.0222. The molecule has 0 amide bonds. The van der Waals surface area contributed by atoms with E-state index in [1.165, 1.54) is 6.20 Å². The molecular formula is C10H16ClN3O2. The molecule has 4 N–H and O–H groups in total. The van der Waals surface area contributed by atoms with Crippen molar-refractivity contribution in [1.29, 1.82) is 0 Å². The molecule has 0 saturated heterocycles. The van der Waals surface area contributed by atoms with Gasteiger partial charge >= 0.3 is 0 Å². The number of halogens is 1. The maximum Gasteiger partial charge on any atom is 0.149 e. The summed E-state index contributed by atoms with van der Waals surface area (Å²) in [6.07, 6.45) is 2.08. The average molecular weight is 246 g/mol. The number of aromatic nitrogens is 1. The van der Waals surface area contributed by atoms with Crippen LogP contribution < -0.4 is 11.1 Å². The van der Waals surface area contributed by atoms with Gasteiger partial charge in [-0.05, 0) is 12.5 Å². The average Bonchev–Trinajstić information content (AvgIpc) is 2.23. The van der Waals surface area contributed by atoms with Gasteiger partial charge in [-0.2, -0.15) is 0 Å². The molecule has 90 valence electrons. The van der Waals surface area contributed by atoms with Crippen molar-refractivity contribution in [3.05, 3.63) is 17.3 Å². The molecule has 0 aliphatic rings. The highest BCUT2D eigenvalue weighted by atomic mass is 35.5. The smallest absolute Gasteiger partial charge is 0.149 e. The molecule has 0 bridgehead atoms. The number of pyridine rings is 1. The molecule has 0 fully saturated rings. The predicted octanol–water partition coefficient (Wildman–Crippen LogP) is 1.13. The van der Waals surface area contributed by atoms with Crippen LogP contribution in [0, 0.1) is 0 Å². The monoisotopic (exact) mass is 245 g/mol. The fourth-order valence-corrected chi connectivity index (χ4v) is 1.49. The molecule has 1 unspecified atom stereocenters. The third-order valence-corrected chi connectivity index (χ3v) is 2.28. The quantitative estimate of drug-likeness (QED) is 0.700. The van der Waals surface area contributed by atoms with E-state index in [-0.39, 0.29) is 12.6 Å². The van der Waals surface area contributed by atoms with E-state index in [2.05, 4.69) is 10.3 Å². The van der Waals surface area contributed by atoms with Crippen molar-refractivity contribution >= 4 is 23.1 Å². The van der Waals surface area contributed by atoms with E-state index in [1.807, 2.05) is 0 Å². The molecule has 5 nitrogen and oxygen atoms in total. The predicted molar refractivity (Wildman–Crippen MR) is 64.6 cm³/mol. The minimum Gasteiger partial charge on any atom is -0.396 e. The zero-order chi connectivity index (χ0) is 12.0. The molecular weight excluding hydrogens is 230 g/mol. The summed E-state index contributed by atoms with van der Waals surface area (Å²) in [5.74, 6) is 0.555. The van der Waals surface area contributed by atoms with Crippen LogP contribution in [0.3, 0.4) is 0 Å². The Hall–Kier alpha value is -1.04. The summed E-state index contributed by atoms with van der Waals surface area (Å²) in [7, 11) is 1.60. The molecule has 1 atom stereocenters. The first-order chi connectivity index (χ1) is 7.67. The number of rotatable bonds is 6. The Morgan fingerprint density at radius 1 is 1.69 bits per heavy atom. The molecule has 0 aromatic carbocycles. The van der Waals surface area contributed by atoms with Crippen molar-refractivity contribution in [2.45, 2.75) is 12.5 Å². The summed E-state index contributed by atoms with van der Waals surface area (Å²) in [6, 6.07) is 1.60. The molecule has 1 rings (SSSR count). The van der Waals surface area contributed by atoms with Crippen LogP contribution in [0.25, 0.3) is 0 Å². The largest absolute Gasteiger partial charge is 0.396 e. The van der Waals surface area contributed by atoms with Gasteiger partial charge in [0.05, 0.1) is 23.4 Å². The molecule has 0 aliphatic carbocycles. The molecule has 1 aromatic heterocycles. The first-order valence-electron chi connectivity index (χ1n) is 4.94. The number of aliphatic hydroxyl groups excluding tert-OH is 1. The van der Waals surface area contributed by atoms with Crippen molar-refractivity contribution in [3.63, 3.8) is 0 Å².